The number of carbonyl (C=O) groups excluding carboxylic acids is 1. The lowest BCUT2D eigenvalue weighted by Crippen LogP contribution is -1.90. The van der Waals surface area contributed by atoms with Crippen molar-refractivity contribution < 1.29 is 4.79 Å². The van der Waals surface area contributed by atoms with Crippen molar-refractivity contribution in [2.75, 3.05) is 0 Å². The highest BCUT2D eigenvalue weighted by Crippen LogP contribution is 1.89. The molecule has 1 nitrogen and oxygen atoms in total. The van der Waals surface area contributed by atoms with Crippen LogP contribution in [-0.2, 0) is 4.79 Å². The molecule has 0 heterocycles. The molecule has 0 aliphatic heterocycles. The van der Waals surface area contributed by atoms with Crippen molar-refractivity contribution in [3.63, 3.8) is 0 Å². The molecule has 0 saturated carbocycles. The van der Waals surface area contributed by atoms with Crippen molar-refractivity contribution in [1.82, 2.24) is 0 Å². The summed E-state index contributed by atoms with van der Waals surface area (Å²) < 4.78 is 0. The molecule has 0 atom stereocenters. The number of allylic oxidation sites excluding steroid dienone is 1. The minimum absolute atomic E-state index is 0.168. The topological polar surface area (TPSA) is 17.1 Å². The normalized spacial score (nSPS) is 10.2. The van der Waals surface area contributed by atoms with E-state index in [1.165, 1.54) is 5.54 Å². The van der Waals surface area contributed by atoms with Crippen LogP contribution < -0.4 is 0 Å². The molecule has 0 amide bonds. The average molecular weight is 132 g/mol. The van der Waals surface area contributed by atoms with E-state index in [0.717, 1.165) is 0 Å². The zero-order chi connectivity index (χ0) is 6.41. The zero-order valence-corrected chi connectivity index (χ0v) is 5.53. The van der Waals surface area contributed by atoms with Gasteiger partial charge >= 0.3 is 0 Å². The fraction of sp³-hybridized carbons (Fsp3) is 0.500. The van der Waals surface area contributed by atoms with Crippen molar-refractivity contribution >= 4 is 17.4 Å². The molecule has 8 heavy (non-hydrogen) atoms. The zero-order valence-electron chi connectivity index (χ0n) is 4.78. The molecule has 0 unspecified atom stereocenters. The summed E-state index contributed by atoms with van der Waals surface area (Å²) in [5, 5.41) is 0. The average Bonchev–Trinajstić information content (AvgIpc) is 1.83. The summed E-state index contributed by atoms with van der Waals surface area (Å²) in [7, 11) is 0. The highest BCUT2D eigenvalue weighted by atomic mass is 35.5. The molecule has 0 bridgehead atoms. The molecule has 0 N–H and O–H groups in total. The molecule has 0 aliphatic carbocycles. The van der Waals surface area contributed by atoms with Gasteiger partial charge in [-0.2, -0.15) is 0 Å². The number of carbonyl (C=O) groups is 1. The Labute approximate surface area is 54.3 Å². The fourth-order valence-electron chi connectivity index (χ4n) is 0.277. The fourth-order valence-corrected chi connectivity index (χ4v) is 0.355. The Morgan fingerprint density at radius 2 is 2.50 bits per heavy atom. The molecule has 45 valence electrons. The van der Waals surface area contributed by atoms with Gasteiger partial charge in [0, 0.05) is 18.4 Å². The van der Waals surface area contributed by atoms with Crippen molar-refractivity contribution in [3.05, 3.63) is 11.6 Å². The summed E-state index contributed by atoms with van der Waals surface area (Å²) in [6, 6.07) is 0. The van der Waals surface area contributed by atoms with E-state index in [-0.39, 0.29) is 5.78 Å². The van der Waals surface area contributed by atoms with Gasteiger partial charge in [0.15, 0.2) is 0 Å². The summed E-state index contributed by atoms with van der Waals surface area (Å²) in [4.78, 5) is 10.4. The molecule has 0 spiro atoms. The van der Waals surface area contributed by atoms with Crippen LogP contribution >= 0.6 is 11.6 Å². The van der Waals surface area contributed by atoms with E-state index < -0.39 is 0 Å². The number of ketones is 1. The second kappa shape index (κ2) is 4.85. The maximum absolute atomic E-state index is 10.4. The third kappa shape index (κ3) is 3.88. The standard InChI is InChI=1S/C6H8ClO/c1-2-6(8)4-3-5-7/h5H,2,4H2,1H3. The third-order valence-electron chi connectivity index (χ3n) is 0.771. The van der Waals surface area contributed by atoms with Gasteiger partial charge in [-0.1, -0.05) is 18.5 Å². The largest absolute Gasteiger partial charge is 0.299 e. The summed E-state index contributed by atoms with van der Waals surface area (Å²) in [5.74, 6) is 0.168. The second-order valence-electron chi connectivity index (χ2n) is 1.38. The highest BCUT2D eigenvalue weighted by molar-refractivity contribution is 6.25. The van der Waals surface area contributed by atoms with Crippen LogP contribution in [0.4, 0.5) is 0 Å². The number of halogens is 1. The quantitative estimate of drug-likeness (QED) is 0.572. The first-order valence-corrected chi connectivity index (χ1v) is 2.92. The number of Topliss-reactive ketones (excluding diaryl/α,β-unsaturated/α-hetero) is 1. The van der Waals surface area contributed by atoms with Gasteiger partial charge in [-0.05, 0) is 6.08 Å². The van der Waals surface area contributed by atoms with Gasteiger partial charge in [-0.3, -0.25) is 4.79 Å². The molecule has 0 fully saturated rings. The number of rotatable bonds is 3. The molecule has 0 saturated heterocycles. The molecular formula is C6H8ClO. The first-order valence-electron chi connectivity index (χ1n) is 2.48. The van der Waals surface area contributed by atoms with Crippen LogP contribution in [0.25, 0.3) is 0 Å². The minimum Gasteiger partial charge on any atom is -0.299 e. The third-order valence-corrected chi connectivity index (χ3v) is 0.925. The first kappa shape index (κ1) is 7.70. The van der Waals surface area contributed by atoms with Crippen molar-refractivity contribution in [2.45, 2.75) is 19.8 Å². The lowest BCUT2D eigenvalue weighted by Gasteiger charge is -1.83. The Balaban J connectivity index is 3.25. The van der Waals surface area contributed by atoms with Crippen molar-refractivity contribution in [3.8, 4) is 0 Å². The highest BCUT2D eigenvalue weighted by Gasteiger charge is 1.90. The van der Waals surface area contributed by atoms with E-state index in [1.807, 2.05) is 6.92 Å². The van der Waals surface area contributed by atoms with E-state index in [2.05, 4.69) is 6.08 Å². The van der Waals surface area contributed by atoms with Gasteiger partial charge in [-0.25, -0.2) is 0 Å². The Hall–Kier alpha value is -0.300. The van der Waals surface area contributed by atoms with Gasteiger partial charge in [0.2, 0.25) is 0 Å². The van der Waals surface area contributed by atoms with Crippen LogP contribution in [0.1, 0.15) is 19.8 Å². The van der Waals surface area contributed by atoms with Crippen LogP contribution in [0, 0.1) is 6.08 Å². The summed E-state index contributed by atoms with van der Waals surface area (Å²) in [6.07, 6.45) is 3.50. The predicted octanol–water partition coefficient (Wildman–Crippen LogP) is 1.91. The van der Waals surface area contributed by atoms with E-state index in [1.54, 1.807) is 0 Å². The smallest absolute Gasteiger partial charge is 0.137 e. The predicted molar refractivity (Wildman–Crippen MR) is 33.6 cm³/mol. The van der Waals surface area contributed by atoms with Crippen LogP contribution in [0.5, 0.6) is 0 Å². The molecule has 0 aromatic carbocycles. The van der Waals surface area contributed by atoms with Crippen LogP contribution in [0.2, 0.25) is 0 Å². The summed E-state index contributed by atoms with van der Waals surface area (Å²) in [5.41, 5.74) is 1.24. The van der Waals surface area contributed by atoms with Crippen molar-refractivity contribution in [1.29, 1.82) is 0 Å². The Bertz CT molecular complexity index is 96.7. The van der Waals surface area contributed by atoms with Gasteiger partial charge in [0.25, 0.3) is 0 Å². The van der Waals surface area contributed by atoms with Gasteiger partial charge in [-0.15, -0.1) is 0 Å². The lowest BCUT2D eigenvalue weighted by molar-refractivity contribution is -0.118. The van der Waals surface area contributed by atoms with E-state index in [4.69, 9.17) is 11.6 Å². The van der Waals surface area contributed by atoms with E-state index in [9.17, 15) is 4.79 Å². The second-order valence-corrected chi connectivity index (χ2v) is 1.60. The SMILES string of the molecule is CCC(=O)C[C]=CCl. The van der Waals surface area contributed by atoms with Gasteiger partial charge in [0.05, 0.1) is 0 Å². The van der Waals surface area contributed by atoms with Gasteiger partial charge in [0.1, 0.15) is 5.78 Å². The minimum atomic E-state index is 0.168. The van der Waals surface area contributed by atoms with Crippen LogP contribution in [0.3, 0.4) is 0 Å². The molecule has 0 aliphatic rings. The number of hydrogen-bond acceptors (Lipinski definition) is 1. The maximum Gasteiger partial charge on any atom is 0.137 e. The molecular weight excluding hydrogens is 124 g/mol. The van der Waals surface area contributed by atoms with Crippen molar-refractivity contribution in [2.24, 2.45) is 0 Å². The lowest BCUT2D eigenvalue weighted by atomic mass is 10.2. The molecule has 2 heteroatoms. The Kier molecular flexibility index (Phi) is 4.67. The maximum atomic E-state index is 10.4. The molecule has 1 radical (unpaired) electrons. The summed E-state index contributed by atoms with van der Waals surface area (Å²) >= 11 is 5.11. The Morgan fingerprint density at radius 3 is 2.88 bits per heavy atom. The van der Waals surface area contributed by atoms with Gasteiger partial charge < -0.3 is 0 Å². The summed E-state index contributed by atoms with van der Waals surface area (Å²) in [6.45, 7) is 1.82. The van der Waals surface area contributed by atoms with Crippen LogP contribution in [-0.4, -0.2) is 5.78 Å². The molecule has 0 rings (SSSR count). The van der Waals surface area contributed by atoms with Crippen LogP contribution in [0.15, 0.2) is 5.54 Å². The monoisotopic (exact) mass is 131 g/mol. The molecule has 0 aromatic rings. The Morgan fingerprint density at radius 1 is 1.88 bits per heavy atom. The molecule has 0 aromatic heterocycles. The van der Waals surface area contributed by atoms with E-state index in [0.29, 0.717) is 12.8 Å². The van der Waals surface area contributed by atoms with E-state index >= 15 is 0 Å². The number of hydrogen-bond donors (Lipinski definition) is 0. The first-order chi connectivity index (χ1) is 3.81.